The quantitative estimate of drug-likeness (QED) is 0.500. The summed E-state index contributed by atoms with van der Waals surface area (Å²) in [6.07, 6.45) is 0.819. The van der Waals surface area contributed by atoms with Crippen LogP contribution in [0.4, 0.5) is 0 Å². The molecular weight excluding hydrogens is 298 g/mol. The third-order valence-electron chi connectivity index (χ3n) is 3.90. The van der Waals surface area contributed by atoms with E-state index in [-0.39, 0.29) is 0 Å². The molecule has 24 heavy (non-hydrogen) atoms. The van der Waals surface area contributed by atoms with Crippen LogP contribution in [0, 0.1) is 6.92 Å². The number of aliphatic imine (C=N–C) groups is 1. The average Bonchev–Trinajstić information content (AvgIpc) is 3.02. The molecule has 0 bridgehead atoms. The van der Waals surface area contributed by atoms with Gasteiger partial charge in [0.2, 0.25) is 0 Å². The summed E-state index contributed by atoms with van der Waals surface area (Å²) in [7, 11) is 1.78. The molecule has 0 saturated carbocycles. The van der Waals surface area contributed by atoms with Gasteiger partial charge in [0.1, 0.15) is 5.82 Å². The number of aryl methyl sites for hydroxylation is 1. The summed E-state index contributed by atoms with van der Waals surface area (Å²) in [5.74, 6) is 1.78. The maximum atomic E-state index is 4.58. The molecule has 1 aromatic heterocycles. The molecule has 0 fully saturated rings. The largest absolute Gasteiger partial charge is 0.356 e. The van der Waals surface area contributed by atoms with Crippen molar-refractivity contribution >= 4 is 17.0 Å². The third kappa shape index (κ3) is 4.13. The fourth-order valence-electron chi connectivity index (χ4n) is 2.54. The van der Waals surface area contributed by atoms with E-state index in [0.717, 1.165) is 42.3 Å². The summed E-state index contributed by atoms with van der Waals surface area (Å²) in [6.45, 7) is 3.62. The van der Waals surface area contributed by atoms with Gasteiger partial charge in [-0.25, -0.2) is 4.98 Å². The topological polar surface area (TPSA) is 65.1 Å². The molecule has 0 amide bonds. The van der Waals surface area contributed by atoms with E-state index in [0.29, 0.717) is 0 Å². The number of aromatic nitrogens is 2. The minimum atomic E-state index is 0.755. The smallest absolute Gasteiger partial charge is 0.191 e. The van der Waals surface area contributed by atoms with Crippen molar-refractivity contribution in [3.63, 3.8) is 0 Å². The number of hydrogen-bond acceptors (Lipinski definition) is 2. The molecule has 124 valence electrons. The van der Waals surface area contributed by atoms with Gasteiger partial charge in [-0.1, -0.05) is 42.0 Å². The van der Waals surface area contributed by atoms with E-state index in [2.05, 4.69) is 56.8 Å². The highest BCUT2D eigenvalue weighted by Gasteiger charge is 2.03. The van der Waals surface area contributed by atoms with Gasteiger partial charge in [0.25, 0.3) is 0 Å². The molecule has 0 spiro atoms. The summed E-state index contributed by atoms with van der Waals surface area (Å²) in [5.41, 5.74) is 4.59. The number of aromatic amines is 1. The summed E-state index contributed by atoms with van der Waals surface area (Å²) < 4.78 is 0. The molecule has 3 rings (SSSR count). The van der Waals surface area contributed by atoms with Crippen LogP contribution < -0.4 is 10.6 Å². The first-order chi connectivity index (χ1) is 11.7. The molecule has 1 heterocycles. The Balaban J connectivity index is 1.48. The zero-order valence-corrected chi connectivity index (χ0v) is 14.1. The van der Waals surface area contributed by atoms with Crippen molar-refractivity contribution in [3.8, 4) is 0 Å². The number of guanidine groups is 1. The lowest BCUT2D eigenvalue weighted by Crippen LogP contribution is -2.37. The highest BCUT2D eigenvalue weighted by atomic mass is 15.2. The molecule has 0 unspecified atom stereocenters. The summed E-state index contributed by atoms with van der Waals surface area (Å²) in [4.78, 5) is 12.2. The first-order valence-corrected chi connectivity index (χ1v) is 8.18. The molecule has 2 aromatic carbocycles. The van der Waals surface area contributed by atoms with Gasteiger partial charge in [0, 0.05) is 26.6 Å². The summed E-state index contributed by atoms with van der Waals surface area (Å²) >= 11 is 0. The molecule has 5 nitrogen and oxygen atoms in total. The molecule has 0 aliphatic heterocycles. The Morgan fingerprint density at radius 1 is 1.08 bits per heavy atom. The fourth-order valence-corrected chi connectivity index (χ4v) is 2.54. The zero-order chi connectivity index (χ0) is 16.8. The standard InChI is InChI=1S/C19H23N5/c1-14-7-9-15(10-8-14)13-22-19(20-2)21-12-11-18-23-16-5-3-4-6-17(16)24-18/h3-10H,11-13H2,1-2H3,(H,23,24)(H2,20,21,22). The minimum Gasteiger partial charge on any atom is -0.356 e. The van der Waals surface area contributed by atoms with Crippen molar-refractivity contribution < 1.29 is 0 Å². The van der Waals surface area contributed by atoms with Crippen molar-refractivity contribution in [2.75, 3.05) is 13.6 Å². The normalized spacial score (nSPS) is 11.7. The number of rotatable bonds is 5. The molecule has 3 N–H and O–H groups in total. The van der Waals surface area contributed by atoms with Gasteiger partial charge in [-0.3, -0.25) is 4.99 Å². The van der Waals surface area contributed by atoms with E-state index in [1.165, 1.54) is 11.1 Å². The van der Waals surface area contributed by atoms with E-state index in [4.69, 9.17) is 0 Å². The van der Waals surface area contributed by atoms with Crippen LogP contribution in [0.5, 0.6) is 0 Å². The van der Waals surface area contributed by atoms with Crippen molar-refractivity contribution in [1.29, 1.82) is 0 Å². The van der Waals surface area contributed by atoms with Crippen LogP contribution in [0.25, 0.3) is 11.0 Å². The summed E-state index contributed by atoms with van der Waals surface area (Å²) in [5, 5.41) is 6.65. The predicted molar refractivity (Wildman–Crippen MR) is 99.2 cm³/mol. The second kappa shape index (κ2) is 7.64. The summed E-state index contributed by atoms with van der Waals surface area (Å²) in [6, 6.07) is 16.6. The van der Waals surface area contributed by atoms with E-state index >= 15 is 0 Å². The monoisotopic (exact) mass is 321 g/mol. The fraction of sp³-hybridized carbons (Fsp3) is 0.263. The maximum Gasteiger partial charge on any atom is 0.191 e. The van der Waals surface area contributed by atoms with Crippen LogP contribution in [0.15, 0.2) is 53.5 Å². The first kappa shape index (κ1) is 16.1. The SMILES string of the molecule is CN=C(NCCc1nc2ccccc2[nH]1)NCc1ccc(C)cc1. The second-order valence-corrected chi connectivity index (χ2v) is 5.79. The Hall–Kier alpha value is -2.82. The number of H-pyrrole nitrogens is 1. The van der Waals surface area contributed by atoms with Crippen LogP contribution in [-0.4, -0.2) is 29.5 Å². The van der Waals surface area contributed by atoms with Gasteiger partial charge in [-0.15, -0.1) is 0 Å². The maximum absolute atomic E-state index is 4.58. The Labute approximate surface area is 142 Å². The van der Waals surface area contributed by atoms with E-state index < -0.39 is 0 Å². The number of benzene rings is 2. The van der Waals surface area contributed by atoms with Crippen molar-refractivity contribution in [1.82, 2.24) is 20.6 Å². The van der Waals surface area contributed by atoms with Gasteiger partial charge < -0.3 is 15.6 Å². The van der Waals surface area contributed by atoms with Crippen LogP contribution in [0.1, 0.15) is 17.0 Å². The molecule has 0 saturated heterocycles. The lowest BCUT2D eigenvalue weighted by molar-refractivity contribution is 0.777. The minimum absolute atomic E-state index is 0.755. The van der Waals surface area contributed by atoms with E-state index in [9.17, 15) is 0 Å². The number of nitrogens with one attached hydrogen (secondary N) is 3. The lowest BCUT2D eigenvalue weighted by atomic mass is 10.1. The molecule has 5 heteroatoms. The van der Waals surface area contributed by atoms with Gasteiger partial charge in [0.05, 0.1) is 11.0 Å². The number of nitrogens with zero attached hydrogens (tertiary/aromatic N) is 2. The lowest BCUT2D eigenvalue weighted by Gasteiger charge is -2.11. The molecule has 3 aromatic rings. The van der Waals surface area contributed by atoms with Crippen molar-refractivity contribution in [2.24, 2.45) is 4.99 Å². The van der Waals surface area contributed by atoms with Crippen LogP contribution in [0.2, 0.25) is 0 Å². The number of imidazole rings is 1. The molecule has 0 aliphatic carbocycles. The highest BCUT2D eigenvalue weighted by Crippen LogP contribution is 2.10. The average molecular weight is 321 g/mol. The Morgan fingerprint density at radius 2 is 1.88 bits per heavy atom. The Bertz CT molecular complexity index is 784. The van der Waals surface area contributed by atoms with E-state index in [1.54, 1.807) is 7.05 Å². The predicted octanol–water partition coefficient (Wildman–Crippen LogP) is 2.78. The van der Waals surface area contributed by atoms with Crippen LogP contribution >= 0.6 is 0 Å². The number of hydrogen-bond donors (Lipinski definition) is 3. The number of fused-ring (bicyclic) bond motifs is 1. The first-order valence-electron chi connectivity index (χ1n) is 8.18. The van der Waals surface area contributed by atoms with Gasteiger partial charge in [0.15, 0.2) is 5.96 Å². The molecule has 0 radical (unpaired) electrons. The van der Waals surface area contributed by atoms with Gasteiger partial charge in [-0.05, 0) is 24.6 Å². The Morgan fingerprint density at radius 3 is 2.62 bits per heavy atom. The van der Waals surface area contributed by atoms with Crippen molar-refractivity contribution in [3.05, 3.63) is 65.5 Å². The zero-order valence-electron chi connectivity index (χ0n) is 14.1. The molecule has 0 atom stereocenters. The van der Waals surface area contributed by atoms with Crippen LogP contribution in [-0.2, 0) is 13.0 Å². The van der Waals surface area contributed by atoms with Crippen molar-refractivity contribution in [2.45, 2.75) is 19.9 Å². The van der Waals surface area contributed by atoms with Crippen LogP contribution in [0.3, 0.4) is 0 Å². The highest BCUT2D eigenvalue weighted by molar-refractivity contribution is 5.79. The Kier molecular flexibility index (Phi) is 5.11. The van der Waals surface area contributed by atoms with Gasteiger partial charge >= 0.3 is 0 Å². The van der Waals surface area contributed by atoms with E-state index in [1.807, 2.05) is 24.3 Å². The number of para-hydroxylation sites is 2. The molecule has 0 aliphatic rings. The third-order valence-corrected chi connectivity index (χ3v) is 3.90. The van der Waals surface area contributed by atoms with Gasteiger partial charge in [-0.2, -0.15) is 0 Å². The second-order valence-electron chi connectivity index (χ2n) is 5.79. The molecular formula is C19H23N5.